The maximum Gasteiger partial charge on any atom is 0.145 e. The van der Waals surface area contributed by atoms with Crippen molar-refractivity contribution in [2.45, 2.75) is 6.54 Å². The van der Waals surface area contributed by atoms with Gasteiger partial charge < -0.3 is 5.32 Å². The van der Waals surface area contributed by atoms with E-state index in [1.807, 2.05) is 18.2 Å². The first-order chi connectivity index (χ1) is 8.69. The van der Waals surface area contributed by atoms with Crippen LogP contribution in [0.4, 0.5) is 5.82 Å². The molecule has 0 fully saturated rings. The Balaban J connectivity index is 2.09. The van der Waals surface area contributed by atoms with Crippen molar-refractivity contribution in [3.8, 4) is 6.07 Å². The number of hydrogen-bond acceptors (Lipinski definition) is 3. The number of nitrogens with zero attached hydrogens (tertiary/aromatic N) is 2. The second kappa shape index (κ2) is 5.72. The standard InChI is InChI=1S/C13H9Cl2N3/c14-11-5-12(15)13(18-8-11)17-7-10-3-1-2-9(4-10)6-16/h1-5,8H,7H2,(H,17,18). The molecule has 1 aromatic carbocycles. The van der Waals surface area contributed by atoms with E-state index in [1.54, 1.807) is 12.1 Å². The molecule has 0 saturated carbocycles. The zero-order valence-corrected chi connectivity index (χ0v) is 10.8. The van der Waals surface area contributed by atoms with Crippen LogP contribution in [-0.2, 0) is 6.54 Å². The zero-order chi connectivity index (χ0) is 13.0. The van der Waals surface area contributed by atoms with Gasteiger partial charge in [0.2, 0.25) is 0 Å². The van der Waals surface area contributed by atoms with Gasteiger partial charge in [-0.15, -0.1) is 0 Å². The molecule has 1 N–H and O–H groups in total. The van der Waals surface area contributed by atoms with E-state index in [2.05, 4.69) is 16.4 Å². The van der Waals surface area contributed by atoms with E-state index in [-0.39, 0.29) is 0 Å². The number of benzene rings is 1. The Kier molecular flexibility index (Phi) is 4.03. The third-order valence-electron chi connectivity index (χ3n) is 2.32. The normalized spacial score (nSPS) is 9.83. The SMILES string of the molecule is N#Cc1cccc(CNc2ncc(Cl)cc2Cl)c1. The van der Waals surface area contributed by atoms with E-state index in [9.17, 15) is 0 Å². The summed E-state index contributed by atoms with van der Waals surface area (Å²) in [6.07, 6.45) is 1.53. The van der Waals surface area contributed by atoms with Crippen molar-refractivity contribution in [1.29, 1.82) is 5.26 Å². The Morgan fingerprint density at radius 2 is 2.11 bits per heavy atom. The van der Waals surface area contributed by atoms with Gasteiger partial charge in [0.05, 0.1) is 21.7 Å². The number of hydrogen-bond donors (Lipinski definition) is 1. The smallest absolute Gasteiger partial charge is 0.145 e. The third-order valence-corrected chi connectivity index (χ3v) is 2.82. The number of anilines is 1. The van der Waals surface area contributed by atoms with Gasteiger partial charge in [-0.05, 0) is 23.8 Å². The second-order valence-corrected chi connectivity index (χ2v) is 4.49. The first-order valence-corrected chi connectivity index (χ1v) is 5.98. The van der Waals surface area contributed by atoms with Gasteiger partial charge in [0, 0.05) is 12.7 Å². The molecule has 3 nitrogen and oxygen atoms in total. The fraction of sp³-hybridized carbons (Fsp3) is 0.0769. The Hall–Kier alpha value is -1.76. The summed E-state index contributed by atoms with van der Waals surface area (Å²) in [6.45, 7) is 0.546. The van der Waals surface area contributed by atoms with Gasteiger partial charge in [-0.25, -0.2) is 4.98 Å². The van der Waals surface area contributed by atoms with Crippen LogP contribution in [0.25, 0.3) is 0 Å². The molecule has 5 heteroatoms. The van der Waals surface area contributed by atoms with Crippen molar-refractivity contribution in [3.05, 3.63) is 57.7 Å². The maximum atomic E-state index is 8.80. The van der Waals surface area contributed by atoms with Crippen LogP contribution in [0.2, 0.25) is 10.0 Å². The lowest BCUT2D eigenvalue weighted by molar-refractivity contribution is 1.11. The largest absolute Gasteiger partial charge is 0.365 e. The van der Waals surface area contributed by atoms with Crippen molar-refractivity contribution in [3.63, 3.8) is 0 Å². The van der Waals surface area contributed by atoms with E-state index in [0.29, 0.717) is 28.0 Å². The molecule has 0 spiro atoms. The van der Waals surface area contributed by atoms with Crippen LogP contribution >= 0.6 is 23.2 Å². The van der Waals surface area contributed by atoms with E-state index in [1.165, 1.54) is 6.20 Å². The molecule has 0 radical (unpaired) electrons. The molecule has 2 rings (SSSR count). The van der Waals surface area contributed by atoms with Crippen molar-refractivity contribution >= 4 is 29.0 Å². The Labute approximate surface area is 115 Å². The number of nitrogens with one attached hydrogen (secondary N) is 1. The maximum absolute atomic E-state index is 8.80. The molecule has 0 amide bonds. The predicted molar refractivity (Wildman–Crippen MR) is 72.7 cm³/mol. The van der Waals surface area contributed by atoms with Crippen LogP contribution in [0.5, 0.6) is 0 Å². The average molecular weight is 278 g/mol. The first-order valence-electron chi connectivity index (χ1n) is 5.23. The van der Waals surface area contributed by atoms with Gasteiger partial charge >= 0.3 is 0 Å². The molecule has 0 atom stereocenters. The summed E-state index contributed by atoms with van der Waals surface area (Å²) in [5, 5.41) is 12.9. The van der Waals surface area contributed by atoms with Crippen LogP contribution in [0.15, 0.2) is 36.5 Å². The van der Waals surface area contributed by atoms with Crippen LogP contribution < -0.4 is 5.32 Å². The fourth-order valence-electron chi connectivity index (χ4n) is 1.48. The minimum atomic E-state index is 0.471. The molecule has 2 aromatic rings. The number of nitriles is 1. The van der Waals surface area contributed by atoms with E-state index in [4.69, 9.17) is 28.5 Å². The number of pyridine rings is 1. The molecular formula is C13H9Cl2N3. The van der Waals surface area contributed by atoms with E-state index < -0.39 is 0 Å². The lowest BCUT2D eigenvalue weighted by Gasteiger charge is -2.07. The van der Waals surface area contributed by atoms with E-state index in [0.717, 1.165) is 5.56 Å². The van der Waals surface area contributed by atoms with Crippen molar-refractivity contribution in [2.24, 2.45) is 0 Å². The zero-order valence-electron chi connectivity index (χ0n) is 9.32. The summed E-state index contributed by atoms with van der Waals surface area (Å²) in [4.78, 5) is 4.10. The van der Waals surface area contributed by atoms with Crippen LogP contribution in [0.1, 0.15) is 11.1 Å². The highest BCUT2D eigenvalue weighted by Crippen LogP contribution is 2.22. The molecule has 0 aliphatic rings. The topological polar surface area (TPSA) is 48.7 Å². The number of halogens is 2. The molecule has 0 aliphatic heterocycles. The molecule has 90 valence electrons. The minimum Gasteiger partial charge on any atom is -0.365 e. The summed E-state index contributed by atoms with van der Waals surface area (Å²) in [5.41, 5.74) is 1.62. The number of aromatic nitrogens is 1. The van der Waals surface area contributed by atoms with Crippen LogP contribution in [0.3, 0.4) is 0 Å². The van der Waals surface area contributed by atoms with Gasteiger partial charge in [0.15, 0.2) is 0 Å². The quantitative estimate of drug-likeness (QED) is 0.927. The summed E-state index contributed by atoms with van der Waals surface area (Å²) in [5.74, 6) is 0.573. The minimum absolute atomic E-state index is 0.471. The van der Waals surface area contributed by atoms with Crippen molar-refractivity contribution in [1.82, 2.24) is 4.98 Å². The summed E-state index contributed by atoms with van der Waals surface area (Å²) < 4.78 is 0. The summed E-state index contributed by atoms with van der Waals surface area (Å²) in [7, 11) is 0. The third kappa shape index (κ3) is 3.13. The predicted octanol–water partition coefficient (Wildman–Crippen LogP) is 3.87. The lowest BCUT2D eigenvalue weighted by Crippen LogP contribution is -2.02. The summed E-state index contributed by atoms with van der Waals surface area (Å²) in [6, 6.07) is 11.1. The highest BCUT2D eigenvalue weighted by molar-refractivity contribution is 6.35. The Bertz CT molecular complexity index is 605. The molecular weight excluding hydrogens is 269 g/mol. The van der Waals surface area contributed by atoms with Gasteiger partial charge in [0.25, 0.3) is 0 Å². The Morgan fingerprint density at radius 1 is 1.28 bits per heavy atom. The first kappa shape index (κ1) is 12.7. The van der Waals surface area contributed by atoms with Crippen LogP contribution in [0, 0.1) is 11.3 Å². The second-order valence-electron chi connectivity index (χ2n) is 3.65. The molecule has 0 saturated heterocycles. The summed E-state index contributed by atoms with van der Waals surface area (Å²) >= 11 is 11.8. The van der Waals surface area contributed by atoms with Gasteiger partial charge in [-0.3, -0.25) is 0 Å². The van der Waals surface area contributed by atoms with Crippen molar-refractivity contribution < 1.29 is 0 Å². The van der Waals surface area contributed by atoms with Crippen LogP contribution in [-0.4, -0.2) is 4.98 Å². The molecule has 0 aliphatic carbocycles. The molecule has 1 aromatic heterocycles. The van der Waals surface area contributed by atoms with Gasteiger partial charge in [0.1, 0.15) is 5.82 Å². The van der Waals surface area contributed by atoms with Gasteiger partial charge in [-0.1, -0.05) is 35.3 Å². The molecule has 0 bridgehead atoms. The fourth-order valence-corrected chi connectivity index (χ4v) is 1.93. The van der Waals surface area contributed by atoms with E-state index >= 15 is 0 Å². The molecule has 1 heterocycles. The molecule has 18 heavy (non-hydrogen) atoms. The lowest BCUT2D eigenvalue weighted by atomic mass is 10.1. The Morgan fingerprint density at radius 3 is 2.83 bits per heavy atom. The highest BCUT2D eigenvalue weighted by atomic mass is 35.5. The van der Waals surface area contributed by atoms with Gasteiger partial charge in [-0.2, -0.15) is 5.26 Å². The highest BCUT2D eigenvalue weighted by Gasteiger charge is 2.02. The number of rotatable bonds is 3. The average Bonchev–Trinajstić information content (AvgIpc) is 2.38. The monoisotopic (exact) mass is 277 g/mol. The molecule has 0 unspecified atom stereocenters. The van der Waals surface area contributed by atoms with Crippen molar-refractivity contribution in [2.75, 3.05) is 5.32 Å².